The van der Waals surface area contributed by atoms with Crippen LogP contribution in [-0.2, 0) is 9.59 Å². The van der Waals surface area contributed by atoms with E-state index in [-0.39, 0.29) is 16.1 Å². The summed E-state index contributed by atoms with van der Waals surface area (Å²) in [5.74, 6) is -1.63. The van der Waals surface area contributed by atoms with E-state index in [2.05, 4.69) is 0 Å². The molecular formula is C19H17NO3S2. The predicted octanol–water partition coefficient (Wildman–Crippen LogP) is 4.15. The lowest BCUT2D eigenvalue weighted by molar-refractivity contribution is -0.146. The number of benzene rings is 2. The van der Waals surface area contributed by atoms with Crippen LogP contribution in [0.2, 0.25) is 0 Å². The van der Waals surface area contributed by atoms with Gasteiger partial charge in [0.25, 0.3) is 5.91 Å². The van der Waals surface area contributed by atoms with Gasteiger partial charge in [0.15, 0.2) is 0 Å². The van der Waals surface area contributed by atoms with E-state index in [9.17, 15) is 14.7 Å². The Kier molecular flexibility index (Phi) is 4.92. The average Bonchev–Trinajstić information content (AvgIpc) is 2.83. The number of hydrogen-bond acceptors (Lipinski definition) is 4. The third kappa shape index (κ3) is 3.32. The van der Waals surface area contributed by atoms with Gasteiger partial charge in [-0.2, -0.15) is 0 Å². The normalized spacial score (nSPS) is 17.7. The van der Waals surface area contributed by atoms with Crippen LogP contribution in [0.4, 0.5) is 0 Å². The summed E-state index contributed by atoms with van der Waals surface area (Å²) in [7, 11) is 0. The van der Waals surface area contributed by atoms with E-state index >= 15 is 0 Å². The summed E-state index contributed by atoms with van der Waals surface area (Å²) >= 11 is 6.44. The summed E-state index contributed by atoms with van der Waals surface area (Å²) < 4.78 is 0.289. The molecule has 0 bridgehead atoms. The Balaban J connectivity index is 2.02. The number of thioether (sulfide) groups is 1. The number of fused-ring (bicyclic) bond motifs is 1. The Hall–Kier alpha value is -2.18. The second-order valence-electron chi connectivity index (χ2n) is 6.15. The van der Waals surface area contributed by atoms with Crippen LogP contribution in [0.25, 0.3) is 16.8 Å². The van der Waals surface area contributed by atoms with E-state index in [4.69, 9.17) is 12.2 Å². The van der Waals surface area contributed by atoms with Crippen LogP contribution in [0, 0.1) is 5.92 Å². The van der Waals surface area contributed by atoms with Crippen molar-refractivity contribution in [1.82, 2.24) is 4.90 Å². The second-order valence-corrected chi connectivity index (χ2v) is 7.82. The second kappa shape index (κ2) is 6.98. The zero-order valence-electron chi connectivity index (χ0n) is 13.8. The Labute approximate surface area is 155 Å². The highest BCUT2D eigenvalue weighted by molar-refractivity contribution is 8.26. The molecule has 0 spiro atoms. The van der Waals surface area contributed by atoms with Crippen molar-refractivity contribution in [1.29, 1.82) is 0 Å². The fraction of sp³-hybridized carbons (Fsp3) is 0.211. The zero-order valence-corrected chi connectivity index (χ0v) is 15.4. The molecule has 25 heavy (non-hydrogen) atoms. The molecule has 128 valence electrons. The standard InChI is InChI=1S/C19H17NO3S2/c1-11(2)16(18(22)23)20-17(21)15(25-19(20)24)10-13-8-5-7-12-6-3-4-9-14(12)13/h3-11,16H,1-2H3,(H,22,23)/b15-10+. The first kappa shape index (κ1) is 17.6. The number of carboxylic acid groups (broad SMARTS) is 1. The lowest BCUT2D eigenvalue weighted by Crippen LogP contribution is -2.47. The highest BCUT2D eigenvalue weighted by Gasteiger charge is 2.41. The largest absolute Gasteiger partial charge is 0.480 e. The molecule has 4 nitrogen and oxygen atoms in total. The van der Waals surface area contributed by atoms with Gasteiger partial charge in [0.2, 0.25) is 0 Å². The molecule has 1 heterocycles. The molecule has 0 aliphatic carbocycles. The van der Waals surface area contributed by atoms with Crippen molar-refractivity contribution in [3.05, 3.63) is 52.9 Å². The third-order valence-electron chi connectivity index (χ3n) is 4.10. The van der Waals surface area contributed by atoms with Crippen LogP contribution < -0.4 is 0 Å². The van der Waals surface area contributed by atoms with Gasteiger partial charge in [0.05, 0.1) is 4.91 Å². The van der Waals surface area contributed by atoms with E-state index < -0.39 is 12.0 Å². The lowest BCUT2D eigenvalue weighted by atomic mass is 10.0. The van der Waals surface area contributed by atoms with Crippen molar-refractivity contribution in [2.24, 2.45) is 5.92 Å². The van der Waals surface area contributed by atoms with Crippen molar-refractivity contribution in [2.45, 2.75) is 19.9 Å². The summed E-state index contributed by atoms with van der Waals surface area (Å²) in [4.78, 5) is 26.0. The van der Waals surface area contributed by atoms with Gasteiger partial charge in [-0.25, -0.2) is 4.79 Å². The van der Waals surface area contributed by atoms with E-state index in [1.54, 1.807) is 19.9 Å². The topological polar surface area (TPSA) is 57.6 Å². The first-order valence-electron chi connectivity index (χ1n) is 7.88. The Morgan fingerprint density at radius 1 is 1.20 bits per heavy atom. The van der Waals surface area contributed by atoms with Crippen molar-refractivity contribution in [3.63, 3.8) is 0 Å². The molecule has 1 aliphatic heterocycles. The number of amides is 1. The maximum absolute atomic E-state index is 12.8. The molecule has 0 saturated carbocycles. The maximum Gasteiger partial charge on any atom is 0.327 e. The minimum absolute atomic E-state index is 0.239. The summed E-state index contributed by atoms with van der Waals surface area (Å²) in [6.07, 6.45) is 1.79. The monoisotopic (exact) mass is 371 g/mol. The first-order chi connectivity index (χ1) is 11.9. The molecular weight excluding hydrogens is 354 g/mol. The van der Waals surface area contributed by atoms with Gasteiger partial charge in [-0.05, 0) is 28.3 Å². The van der Waals surface area contributed by atoms with Gasteiger partial charge in [0, 0.05) is 0 Å². The summed E-state index contributed by atoms with van der Waals surface area (Å²) in [5, 5.41) is 11.6. The zero-order chi connectivity index (χ0) is 18.1. The third-order valence-corrected chi connectivity index (χ3v) is 5.43. The van der Waals surface area contributed by atoms with E-state index in [0.29, 0.717) is 4.91 Å². The molecule has 1 atom stereocenters. The van der Waals surface area contributed by atoms with Gasteiger partial charge in [-0.3, -0.25) is 9.69 Å². The van der Waals surface area contributed by atoms with Crippen molar-refractivity contribution in [3.8, 4) is 0 Å². The Morgan fingerprint density at radius 2 is 1.88 bits per heavy atom. The Morgan fingerprint density at radius 3 is 2.56 bits per heavy atom. The summed E-state index contributed by atoms with van der Waals surface area (Å²) in [5.41, 5.74) is 0.912. The average molecular weight is 371 g/mol. The number of hydrogen-bond donors (Lipinski definition) is 1. The SMILES string of the molecule is CC(C)C(C(=O)O)N1C(=O)/C(=C\c2cccc3ccccc23)SC1=S. The van der Waals surface area contributed by atoms with Crippen LogP contribution >= 0.6 is 24.0 Å². The van der Waals surface area contributed by atoms with Gasteiger partial charge < -0.3 is 5.11 Å². The van der Waals surface area contributed by atoms with Gasteiger partial charge >= 0.3 is 5.97 Å². The number of carboxylic acids is 1. The molecule has 6 heteroatoms. The minimum atomic E-state index is -1.04. The fourth-order valence-corrected chi connectivity index (χ4v) is 4.25. The highest BCUT2D eigenvalue weighted by atomic mass is 32.2. The number of rotatable bonds is 4. The molecule has 2 aromatic rings. The highest BCUT2D eigenvalue weighted by Crippen LogP contribution is 2.36. The molecule has 1 unspecified atom stereocenters. The fourth-order valence-electron chi connectivity index (χ4n) is 2.93. The number of aliphatic carboxylic acids is 1. The molecule has 3 rings (SSSR count). The van der Waals surface area contributed by atoms with Crippen LogP contribution in [0.15, 0.2) is 47.4 Å². The molecule has 0 radical (unpaired) electrons. The molecule has 2 aromatic carbocycles. The molecule has 1 N–H and O–H groups in total. The molecule has 1 aliphatic rings. The maximum atomic E-state index is 12.8. The summed E-state index contributed by atoms with van der Waals surface area (Å²) in [6, 6.07) is 12.8. The van der Waals surface area contributed by atoms with Crippen LogP contribution in [0.5, 0.6) is 0 Å². The van der Waals surface area contributed by atoms with E-state index in [1.807, 2.05) is 42.5 Å². The molecule has 1 fully saturated rings. The van der Waals surface area contributed by atoms with E-state index in [1.165, 1.54) is 4.90 Å². The van der Waals surface area contributed by atoms with Gasteiger partial charge in [-0.1, -0.05) is 80.3 Å². The van der Waals surface area contributed by atoms with Crippen molar-refractivity contribution in [2.75, 3.05) is 0 Å². The van der Waals surface area contributed by atoms with Crippen molar-refractivity contribution >= 4 is 57.0 Å². The Bertz CT molecular complexity index is 899. The predicted molar refractivity (Wildman–Crippen MR) is 105 cm³/mol. The quantitative estimate of drug-likeness (QED) is 0.646. The smallest absolute Gasteiger partial charge is 0.327 e. The number of nitrogens with zero attached hydrogens (tertiary/aromatic N) is 1. The van der Waals surface area contributed by atoms with Crippen LogP contribution in [0.3, 0.4) is 0 Å². The summed E-state index contributed by atoms with van der Waals surface area (Å²) in [6.45, 7) is 3.54. The number of carbonyl (C=O) groups is 2. The van der Waals surface area contributed by atoms with Gasteiger partial charge in [0.1, 0.15) is 10.4 Å². The van der Waals surface area contributed by atoms with Crippen LogP contribution in [0.1, 0.15) is 19.4 Å². The van der Waals surface area contributed by atoms with Gasteiger partial charge in [-0.15, -0.1) is 0 Å². The lowest BCUT2D eigenvalue weighted by Gasteiger charge is -2.26. The number of thiocarbonyl (C=S) groups is 1. The molecule has 0 aromatic heterocycles. The van der Waals surface area contributed by atoms with E-state index in [0.717, 1.165) is 28.1 Å². The van der Waals surface area contributed by atoms with Crippen LogP contribution in [-0.4, -0.2) is 32.2 Å². The van der Waals surface area contributed by atoms with Crippen molar-refractivity contribution < 1.29 is 14.7 Å². The molecule has 1 amide bonds. The number of carbonyl (C=O) groups excluding carboxylic acids is 1. The molecule has 1 saturated heterocycles. The first-order valence-corrected chi connectivity index (χ1v) is 9.10. The minimum Gasteiger partial charge on any atom is -0.480 e.